The van der Waals surface area contributed by atoms with Crippen LogP contribution < -0.4 is 0 Å². The molecule has 2 rings (SSSR count). The van der Waals surface area contributed by atoms with Crippen molar-refractivity contribution in [2.45, 2.75) is 6.42 Å². The Bertz CT molecular complexity index is 425. The van der Waals surface area contributed by atoms with Crippen molar-refractivity contribution in [2.24, 2.45) is 0 Å². The highest BCUT2D eigenvalue weighted by atomic mass is 16.5. The van der Waals surface area contributed by atoms with Gasteiger partial charge in [0, 0.05) is 6.42 Å². The second-order valence-corrected chi connectivity index (χ2v) is 3.09. The van der Waals surface area contributed by atoms with E-state index in [0.717, 1.165) is 0 Å². The van der Waals surface area contributed by atoms with E-state index in [0.29, 0.717) is 29.3 Å². The highest BCUT2D eigenvalue weighted by molar-refractivity contribution is 5.97. The van der Waals surface area contributed by atoms with Gasteiger partial charge in [-0.05, 0) is 12.1 Å². The minimum atomic E-state index is -0.417. The first-order valence-corrected chi connectivity index (χ1v) is 4.43. The predicted octanol–water partition coefficient (Wildman–Crippen LogP) is 2.10. The number of carbonyl (C=O) groups is 1. The quantitative estimate of drug-likeness (QED) is 0.695. The molecule has 2 heterocycles. The maximum atomic E-state index is 11.4. The molecule has 15 heavy (non-hydrogen) atoms. The van der Waals surface area contributed by atoms with E-state index in [1.54, 1.807) is 12.1 Å². The molecule has 4 heteroatoms. The molecular weight excluding hydrogens is 196 g/mol. The summed E-state index contributed by atoms with van der Waals surface area (Å²) < 4.78 is 15.1. The molecular formula is C11H10O4. The summed E-state index contributed by atoms with van der Waals surface area (Å²) in [5.74, 6) is 1.01. The van der Waals surface area contributed by atoms with Gasteiger partial charge in [0.2, 0.25) is 0 Å². The first kappa shape index (κ1) is 9.58. The molecule has 0 amide bonds. The SMILES string of the molecule is C=C1CC(C(=O)OC)=C(c2ccco2)O1. The van der Waals surface area contributed by atoms with Crippen LogP contribution in [0, 0.1) is 0 Å². The maximum Gasteiger partial charge on any atom is 0.338 e. The Kier molecular flexibility index (Phi) is 2.33. The topological polar surface area (TPSA) is 48.7 Å². The van der Waals surface area contributed by atoms with Gasteiger partial charge in [0.15, 0.2) is 11.5 Å². The Balaban J connectivity index is 2.41. The van der Waals surface area contributed by atoms with E-state index in [1.807, 2.05) is 0 Å². The molecule has 4 nitrogen and oxygen atoms in total. The summed E-state index contributed by atoms with van der Waals surface area (Å²) in [5.41, 5.74) is 0.442. The third-order valence-electron chi connectivity index (χ3n) is 2.07. The molecule has 0 saturated carbocycles. The summed E-state index contributed by atoms with van der Waals surface area (Å²) in [5, 5.41) is 0. The van der Waals surface area contributed by atoms with Gasteiger partial charge in [-0.2, -0.15) is 0 Å². The van der Waals surface area contributed by atoms with Crippen LogP contribution in [0.4, 0.5) is 0 Å². The van der Waals surface area contributed by atoms with Crippen LogP contribution in [-0.2, 0) is 14.3 Å². The van der Waals surface area contributed by atoms with E-state index in [-0.39, 0.29) is 0 Å². The van der Waals surface area contributed by atoms with Crippen LogP contribution in [0.5, 0.6) is 0 Å². The zero-order chi connectivity index (χ0) is 10.8. The monoisotopic (exact) mass is 206 g/mol. The summed E-state index contributed by atoms with van der Waals surface area (Å²) in [7, 11) is 1.33. The summed E-state index contributed by atoms with van der Waals surface area (Å²) in [4.78, 5) is 11.4. The molecule has 0 spiro atoms. The number of allylic oxidation sites excluding steroid dienone is 1. The van der Waals surface area contributed by atoms with Gasteiger partial charge in [0.1, 0.15) is 5.76 Å². The Labute approximate surface area is 86.8 Å². The van der Waals surface area contributed by atoms with E-state index >= 15 is 0 Å². The first-order chi connectivity index (χ1) is 7.22. The Morgan fingerprint density at radius 3 is 3.00 bits per heavy atom. The van der Waals surface area contributed by atoms with E-state index in [9.17, 15) is 4.79 Å². The van der Waals surface area contributed by atoms with Gasteiger partial charge in [-0.3, -0.25) is 0 Å². The molecule has 0 saturated heterocycles. The fraction of sp³-hybridized carbons (Fsp3) is 0.182. The lowest BCUT2D eigenvalue weighted by atomic mass is 10.1. The van der Waals surface area contributed by atoms with Crippen LogP contribution in [-0.4, -0.2) is 13.1 Å². The number of esters is 1. The second-order valence-electron chi connectivity index (χ2n) is 3.09. The molecule has 0 unspecified atom stereocenters. The maximum absolute atomic E-state index is 11.4. The molecule has 0 aromatic carbocycles. The van der Waals surface area contributed by atoms with E-state index in [4.69, 9.17) is 9.15 Å². The highest BCUT2D eigenvalue weighted by Crippen LogP contribution is 2.34. The van der Waals surface area contributed by atoms with Gasteiger partial charge >= 0.3 is 5.97 Å². The number of ether oxygens (including phenoxy) is 2. The largest absolute Gasteiger partial charge is 0.466 e. The lowest BCUT2D eigenvalue weighted by molar-refractivity contribution is -0.136. The molecule has 1 aliphatic heterocycles. The van der Waals surface area contributed by atoms with Gasteiger partial charge in [-0.1, -0.05) is 6.58 Å². The number of furan rings is 1. The van der Waals surface area contributed by atoms with Crippen molar-refractivity contribution < 1.29 is 18.7 Å². The number of carbonyl (C=O) groups excluding carboxylic acids is 1. The molecule has 0 N–H and O–H groups in total. The summed E-state index contributed by atoms with van der Waals surface area (Å²) >= 11 is 0. The zero-order valence-corrected chi connectivity index (χ0v) is 8.28. The lowest BCUT2D eigenvalue weighted by Crippen LogP contribution is -2.04. The lowest BCUT2D eigenvalue weighted by Gasteiger charge is -2.01. The molecule has 1 aromatic heterocycles. The van der Waals surface area contributed by atoms with E-state index in [1.165, 1.54) is 13.4 Å². The van der Waals surface area contributed by atoms with Gasteiger partial charge < -0.3 is 13.9 Å². The van der Waals surface area contributed by atoms with Crippen LogP contribution in [0.25, 0.3) is 5.76 Å². The van der Waals surface area contributed by atoms with Gasteiger partial charge in [0.25, 0.3) is 0 Å². The second kappa shape index (κ2) is 3.65. The van der Waals surface area contributed by atoms with Crippen LogP contribution in [0.1, 0.15) is 12.2 Å². The zero-order valence-electron chi connectivity index (χ0n) is 8.28. The minimum Gasteiger partial charge on any atom is -0.466 e. The Morgan fingerprint density at radius 2 is 2.40 bits per heavy atom. The number of rotatable bonds is 2. The molecule has 1 aliphatic rings. The van der Waals surface area contributed by atoms with Crippen LogP contribution in [0.15, 0.2) is 40.7 Å². The summed E-state index contributed by atoms with van der Waals surface area (Å²) in [6.07, 6.45) is 1.88. The molecule has 0 radical (unpaired) electrons. The summed E-state index contributed by atoms with van der Waals surface area (Å²) in [6, 6.07) is 3.44. The fourth-order valence-electron chi connectivity index (χ4n) is 1.41. The third-order valence-corrected chi connectivity index (χ3v) is 2.07. The fourth-order valence-corrected chi connectivity index (χ4v) is 1.41. The smallest absolute Gasteiger partial charge is 0.338 e. The van der Waals surface area contributed by atoms with Crippen molar-refractivity contribution >= 4 is 11.7 Å². The van der Waals surface area contributed by atoms with Crippen molar-refractivity contribution in [1.29, 1.82) is 0 Å². The van der Waals surface area contributed by atoms with Crippen LogP contribution in [0.3, 0.4) is 0 Å². The molecule has 0 fully saturated rings. The first-order valence-electron chi connectivity index (χ1n) is 4.43. The number of methoxy groups -OCH3 is 1. The average molecular weight is 206 g/mol. The predicted molar refractivity (Wildman–Crippen MR) is 52.5 cm³/mol. The molecule has 78 valence electrons. The van der Waals surface area contributed by atoms with Crippen LogP contribution in [0.2, 0.25) is 0 Å². The summed E-state index contributed by atoms with van der Waals surface area (Å²) in [6.45, 7) is 3.67. The van der Waals surface area contributed by atoms with Crippen molar-refractivity contribution in [1.82, 2.24) is 0 Å². The standard InChI is InChI=1S/C11H10O4/c1-7-6-8(11(12)13-2)10(15-7)9-4-3-5-14-9/h3-5H,1,6H2,2H3. The van der Waals surface area contributed by atoms with Crippen molar-refractivity contribution in [2.75, 3.05) is 7.11 Å². The molecule has 0 aliphatic carbocycles. The van der Waals surface area contributed by atoms with Crippen molar-refractivity contribution in [3.05, 3.63) is 42.1 Å². The van der Waals surface area contributed by atoms with Gasteiger partial charge in [0.05, 0.1) is 18.9 Å². The van der Waals surface area contributed by atoms with Crippen LogP contribution >= 0.6 is 0 Å². The van der Waals surface area contributed by atoms with E-state index in [2.05, 4.69) is 11.3 Å². The van der Waals surface area contributed by atoms with E-state index < -0.39 is 5.97 Å². The normalized spacial score (nSPS) is 15.4. The Morgan fingerprint density at radius 1 is 1.60 bits per heavy atom. The highest BCUT2D eigenvalue weighted by Gasteiger charge is 2.28. The van der Waals surface area contributed by atoms with Crippen molar-refractivity contribution in [3.8, 4) is 0 Å². The Hall–Kier alpha value is -1.97. The van der Waals surface area contributed by atoms with Gasteiger partial charge in [-0.15, -0.1) is 0 Å². The average Bonchev–Trinajstić information content (AvgIpc) is 2.84. The third kappa shape index (κ3) is 1.66. The molecule has 0 atom stereocenters. The number of hydrogen-bond acceptors (Lipinski definition) is 4. The molecule has 1 aromatic rings. The van der Waals surface area contributed by atoms with Crippen molar-refractivity contribution in [3.63, 3.8) is 0 Å². The minimum absolute atomic E-state index is 0.364. The van der Waals surface area contributed by atoms with Gasteiger partial charge in [-0.25, -0.2) is 4.79 Å². The molecule has 0 bridgehead atoms. The number of hydrogen-bond donors (Lipinski definition) is 0.